The van der Waals surface area contributed by atoms with Gasteiger partial charge in [0.25, 0.3) is 0 Å². The van der Waals surface area contributed by atoms with Crippen molar-refractivity contribution in [1.29, 1.82) is 5.41 Å². The van der Waals surface area contributed by atoms with Gasteiger partial charge in [-0.05, 0) is 49.8 Å². The average molecular weight is 273 g/mol. The Labute approximate surface area is 122 Å². The Bertz CT molecular complexity index is 469. The van der Waals surface area contributed by atoms with E-state index in [9.17, 15) is 0 Å². The molecule has 0 aromatic heterocycles. The predicted octanol–water partition coefficient (Wildman–Crippen LogP) is 3.23. The molecule has 0 radical (unpaired) electrons. The molecule has 110 valence electrons. The van der Waals surface area contributed by atoms with Gasteiger partial charge in [-0.3, -0.25) is 10.3 Å². The van der Waals surface area contributed by atoms with Crippen LogP contribution in [0, 0.1) is 17.2 Å². The molecule has 1 saturated carbocycles. The predicted molar refractivity (Wildman–Crippen MR) is 84.9 cm³/mol. The molecule has 1 fully saturated rings. The topological polar surface area (TPSA) is 53.1 Å². The second-order valence-electron chi connectivity index (χ2n) is 6.45. The van der Waals surface area contributed by atoms with Gasteiger partial charge in [-0.15, -0.1) is 0 Å². The third-order valence-corrected chi connectivity index (χ3v) is 4.86. The Kier molecular flexibility index (Phi) is 4.81. The molecule has 0 heterocycles. The molecule has 1 aliphatic carbocycles. The summed E-state index contributed by atoms with van der Waals surface area (Å²) in [6.07, 6.45) is 3.93. The van der Waals surface area contributed by atoms with E-state index in [0.717, 1.165) is 23.9 Å². The number of nitrogens with zero attached hydrogens (tertiary/aromatic N) is 1. The molecule has 0 saturated heterocycles. The van der Waals surface area contributed by atoms with Crippen molar-refractivity contribution in [3.05, 3.63) is 35.4 Å². The van der Waals surface area contributed by atoms with Crippen LogP contribution in [0.1, 0.15) is 44.2 Å². The van der Waals surface area contributed by atoms with Gasteiger partial charge in [-0.25, -0.2) is 0 Å². The zero-order valence-electron chi connectivity index (χ0n) is 12.9. The summed E-state index contributed by atoms with van der Waals surface area (Å²) in [5, 5.41) is 7.52. The van der Waals surface area contributed by atoms with E-state index in [1.54, 1.807) is 0 Å². The van der Waals surface area contributed by atoms with Crippen LogP contribution in [0.5, 0.6) is 0 Å². The summed E-state index contributed by atoms with van der Waals surface area (Å²) in [5.41, 5.74) is 7.62. The van der Waals surface area contributed by atoms with Crippen LogP contribution in [0.4, 0.5) is 0 Å². The highest BCUT2D eigenvalue weighted by atomic mass is 15.1. The van der Waals surface area contributed by atoms with E-state index in [-0.39, 0.29) is 5.84 Å². The normalized spacial score (nSPS) is 26.7. The molecule has 3 unspecified atom stereocenters. The van der Waals surface area contributed by atoms with Gasteiger partial charge < -0.3 is 5.73 Å². The molecule has 3 atom stereocenters. The minimum atomic E-state index is 0.148. The monoisotopic (exact) mass is 273 g/mol. The Hall–Kier alpha value is -1.35. The molecule has 3 N–H and O–H groups in total. The van der Waals surface area contributed by atoms with Crippen molar-refractivity contribution in [1.82, 2.24) is 4.90 Å². The largest absolute Gasteiger partial charge is 0.384 e. The summed E-state index contributed by atoms with van der Waals surface area (Å²) in [4.78, 5) is 2.46. The van der Waals surface area contributed by atoms with Crippen LogP contribution in [-0.4, -0.2) is 23.8 Å². The molecule has 0 bridgehead atoms. The number of amidine groups is 1. The van der Waals surface area contributed by atoms with Crippen molar-refractivity contribution in [2.45, 2.75) is 45.7 Å². The van der Waals surface area contributed by atoms with Crippen molar-refractivity contribution in [2.24, 2.45) is 17.6 Å². The lowest BCUT2D eigenvalue weighted by Crippen LogP contribution is -2.37. The van der Waals surface area contributed by atoms with E-state index in [2.05, 4.69) is 31.9 Å². The Balaban J connectivity index is 1.99. The fourth-order valence-electron chi connectivity index (χ4n) is 3.17. The summed E-state index contributed by atoms with van der Waals surface area (Å²) in [7, 11) is 2.22. The molecule has 20 heavy (non-hydrogen) atoms. The highest BCUT2D eigenvalue weighted by molar-refractivity contribution is 5.95. The molecule has 1 aromatic rings. The standard InChI is InChI=1S/C17H27N3/c1-12-7-8-16(9-13(12)2)20(3)11-14-5-4-6-15(10-14)17(18)19/h4-6,10,12-13,16H,7-9,11H2,1-3H3,(H3,18,19). The minimum absolute atomic E-state index is 0.148. The van der Waals surface area contributed by atoms with Gasteiger partial charge in [0.05, 0.1) is 0 Å². The van der Waals surface area contributed by atoms with Crippen LogP contribution in [0.15, 0.2) is 24.3 Å². The molecule has 0 spiro atoms. The molecular formula is C17H27N3. The Morgan fingerprint density at radius 3 is 2.70 bits per heavy atom. The number of nitrogens with two attached hydrogens (primary N) is 1. The Morgan fingerprint density at radius 2 is 2.05 bits per heavy atom. The first-order chi connectivity index (χ1) is 9.47. The first kappa shape index (κ1) is 15.0. The molecule has 3 nitrogen and oxygen atoms in total. The zero-order chi connectivity index (χ0) is 14.7. The lowest BCUT2D eigenvalue weighted by Gasteiger charge is -2.37. The van der Waals surface area contributed by atoms with Gasteiger partial charge in [0.15, 0.2) is 0 Å². The van der Waals surface area contributed by atoms with E-state index in [0.29, 0.717) is 6.04 Å². The maximum absolute atomic E-state index is 7.52. The molecular weight excluding hydrogens is 246 g/mol. The van der Waals surface area contributed by atoms with Crippen LogP contribution in [-0.2, 0) is 6.54 Å². The van der Waals surface area contributed by atoms with Crippen molar-refractivity contribution >= 4 is 5.84 Å². The van der Waals surface area contributed by atoms with E-state index in [1.165, 1.54) is 24.8 Å². The van der Waals surface area contributed by atoms with Crippen LogP contribution in [0.2, 0.25) is 0 Å². The fraction of sp³-hybridized carbons (Fsp3) is 0.588. The van der Waals surface area contributed by atoms with Crippen molar-refractivity contribution in [3.8, 4) is 0 Å². The highest BCUT2D eigenvalue weighted by Gasteiger charge is 2.26. The van der Waals surface area contributed by atoms with Gasteiger partial charge >= 0.3 is 0 Å². The maximum Gasteiger partial charge on any atom is 0.122 e. The van der Waals surface area contributed by atoms with Crippen LogP contribution < -0.4 is 5.73 Å². The van der Waals surface area contributed by atoms with Gasteiger partial charge in [0, 0.05) is 18.2 Å². The third-order valence-electron chi connectivity index (χ3n) is 4.86. The van der Waals surface area contributed by atoms with E-state index >= 15 is 0 Å². The number of benzene rings is 1. The summed E-state index contributed by atoms with van der Waals surface area (Å²) in [6.45, 7) is 5.69. The number of nitrogens with one attached hydrogen (secondary N) is 1. The van der Waals surface area contributed by atoms with Crippen LogP contribution in [0.3, 0.4) is 0 Å². The summed E-state index contributed by atoms with van der Waals surface area (Å²) < 4.78 is 0. The summed E-state index contributed by atoms with van der Waals surface area (Å²) in [6, 6.07) is 8.73. The summed E-state index contributed by atoms with van der Waals surface area (Å²) >= 11 is 0. The fourth-order valence-corrected chi connectivity index (χ4v) is 3.17. The second-order valence-corrected chi connectivity index (χ2v) is 6.45. The van der Waals surface area contributed by atoms with Crippen molar-refractivity contribution in [3.63, 3.8) is 0 Å². The van der Waals surface area contributed by atoms with Gasteiger partial charge in [0.2, 0.25) is 0 Å². The smallest absolute Gasteiger partial charge is 0.122 e. The average Bonchev–Trinajstić information content (AvgIpc) is 2.42. The van der Waals surface area contributed by atoms with Gasteiger partial charge in [-0.1, -0.05) is 32.0 Å². The number of rotatable bonds is 4. The quantitative estimate of drug-likeness (QED) is 0.653. The molecule has 1 aromatic carbocycles. The SMILES string of the molecule is CC1CCC(N(C)Cc2cccc(C(=N)N)c2)CC1C. The van der Waals surface area contributed by atoms with Gasteiger partial charge in [0.1, 0.15) is 5.84 Å². The van der Waals surface area contributed by atoms with Gasteiger partial charge in [-0.2, -0.15) is 0 Å². The zero-order valence-corrected chi connectivity index (χ0v) is 12.9. The van der Waals surface area contributed by atoms with Crippen LogP contribution >= 0.6 is 0 Å². The number of nitrogen functional groups attached to an aromatic ring is 1. The lowest BCUT2D eigenvalue weighted by atomic mass is 9.78. The van der Waals surface area contributed by atoms with Crippen molar-refractivity contribution < 1.29 is 0 Å². The van der Waals surface area contributed by atoms with E-state index < -0.39 is 0 Å². The van der Waals surface area contributed by atoms with Crippen LogP contribution in [0.25, 0.3) is 0 Å². The summed E-state index contributed by atoms with van der Waals surface area (Å²) in [5.74, 6) is 1.83. The number of hydrogen-bond acceptors (Lipinski definition) is 2. The lowest BCUT2D eigenvalue weighted by molar-refractivity contribution is 0.126. The molecule has 2 rings (SSSR count). The highest BCUT2D eigenvalue weighted by Crippen LogP contribution is 2.32. The van der Waals surface area contributed by atoms with E-state index in [1.807, 2.05) is 18.2 Å². The molecule has 0 aliphatic heterocycles. The van der Waals surface area contributed by atoms with Crippen molar-refractivity contribution in [2.75, 3.05) is 7.05 Å². The first-order valence-corrected chi connectivity index (χ1v) is 7.61. The number of hydrogen-bond donors (Lipinski definition) is 2. The first-order valence-electron chi connectivity index (χ1n) is 7.61. The van der Waals surface area contributed by atoms with E-state index in [4.69, 9.17) is 11.1 Å². The molecule has 1 aliphatic rings. The maximum atomic E-state index is 7.52. The Morgan fingerprint density at radius 1 is 1.30 bits per heavy atom. The minimum Gasteiger partial charge on any atom is -0.384 e. The second kappa shape index (κ2) is 6.40. The molecule has 0 amide bonds. The molecule has 3 heteroatoms. The third kappa shape index (κ3) is 3.60.